The molecule has 1 rings (SSSR count). The summed E-state index contributed by atoms with van der Waals surface area (Å²) in [7, 11) is 0. The summed E-state index contributed by atoms with van der Waals surface area (Å²) in [5.41, 5.74) is 0. The molecule has 0 saturated carbocycles. The molecule has 0 amide bonds. The number of aliphatic carboxylic acids is 2. The highest BCUT2D eigenvalue weighted by Gasteiger charge is 2.19. The van der Waals surface area contributed by atoms with E-state index in [0.717, 1.165) is 0 Å². The number of hydrogen-bond donors (Lipinski definition) is 3. The van der Waals surface area contributed by atoms with Crippen molar-refractivity contribution in [1.82, 2.24) is 5.32 Å². The number of carboxylic acids is 2. The summed E-state index contributed by atoms with van der Waals surface area (Å²) >= 11 is 0. The van der Waals surface area contributed by atoms with Crippen LogP contribution >= 0.6 is 0 Å². The molecule has 6 heteroatoms. The van der Waals surface area contributed by atoms with Crippen LogP contribution in [0.25, 0.3) is 0 Å². The van der Waals surface area contributed by atoms with E-state index >= 15 is 0 Å². The van der Waals surface area contributed by atoms with Crippen molar-refractivity contribution in [2.24, 2.45) is 0 Å². The maximum absolute atomic E-state index is 10.7. The van der Waals surface area contributed by atoms with Gasteiger partial charge < -0.3 is 14.9 Å². The third-order valence-electron chi connectivity index (χ3n) is 1.66. The Morgan fingerprint density at radius 3 is 2.38 bits per heavy atom. The monoisotopic (exact) mass is 225 g/mol. The van der Waals surface area contributed by atoms with Crippen molar-refractivity contribution in [1.29, 1.82) is 0 Å². The number of rotatable bonds is 6. The Balaban J connectivity index is 2.58. The molecule has 86 valence electrons. The van der Waals surface area contributed by atoms with Crippen LogP contribution < -0.4 is 10.1 Å². The fraction of sp³-hybridized carbons (Fsp3) is 0.200. The van der Waals surface area contributed by atoms with E-state index in [1.807, 2.05) is 0 Å². The molecular formula is C10H11NO5. The molecule has 0 bridgehead atoms. The Kier molecular flexibility index (Phi) is 4.28. The second-order valence-corrected chi connectivity index (χ2v) is 2.92. The predicted octanol–water partition coefficient (Wildman–Crippen LogP) is 0.150. The minimum Gasteiger partial charge on any atom is -0.480 e. The van der Waals surface area contributed by atoms with Gasteiger partial charge in [-0.25, -0.2) is 4.79 Å². The normalized spacial score (nSPS) is 11.8. The summed E-state index contributed by atoms with van der Waals surface area (Å²) in [6, 6.07) is 8.29. The van der Waals surface area contributed by atoms with Crippen LogP contribution in [0, 0.1) is 0 Å². The lowest BCUT2D eigenvalue weighted by molar-refractivity contribution is -0.147. The van der Waals surface area contributed by atoms with E-state index in [0.29, 0.717) is 5.75 Å². The zero-order valence-corrected chi connectivity index (χ0v) is 8.29. The van der Waals surface area contributed by atoms with Crippen molar-refractivity contribution in [2.75, 3.05) is 6.54 Å². The zero-order valence-electron chi connectivity index (χ0n) is 8.29. The molecule has 0 spiro atoms. The van der Waals surface area contributed by atoms with Gasteiger partial charge >= 0.3 is 11.9 Å². The van der Waals surface area contributed by atoms with E-state index in [2.05, 4.69) is 5.32 Å². The predicted molar refractivity (Wildman–Crippen MR) is 54.1 cm³/mol. The number of para-hydroxylation sites is 1. The smallest absolute Gasteiger partial charge is 0.360 e. The van der Waals surface area contributed by atoms with Gasteiger partial charge in [-0.3, -0.25) is 10.1 Å². The number of ether oxygens (including phenoxy) is 1. The van der Waals surface area contributed by atoms with Crippen LogP contribution in [0.4, 0.5) is 0 Å². The van der Waals surface area contributed by atoms with Gasteiger partial charge in [-0.05, 0) is 12.1 Å². The lowest BCUT2D eigenvalue weighted by Gasteiger charge is -2.15. The molecule has 0 saturated heterocycles. The molecule has 16 heavy (non-hydrogen) atoms. The molecule has 0 aliphatic heterocycles. The van der Waals surface area contributed by atoms with E-state index in [1.165, 1.54) is 0 Å². The Hall–Kier alpha value is -2.08. The highest BCUT2D eigenvalue weighted by molar-refractivity contribution is 5.74. The number of carboxylic acid groups (broad SMARTS) is 2. The average Bonchev–Trinajstić information content (AvgIpc) is 2.25. The number of benzene rings is 1. The number of nitrogens with one attached hydrogen (secondary N) is 1. The summed E-state index contributed by atoms with van der Waals surface area (Å²) in [5, 5.41) is 19.4. The van der Waals surface area contributed by atoms with E-state index in [4.69, 9.17) is 14.9 Å². The first-order valence-corrected chi connectivity index (χ1v) is 4.49. The molecule has 0 aliphatic rings. The third-order valence-corrected chi connectivity index (χ3v) is 1.66. The lowest BCUT2D eigenvalue weighted by atomic mass is 10.3. The molecule has 1 aromatic rings. The van der Waals surface area contributed by atoms with Gasteiger partial charge in [0.1, 0.15) is 5.75 Å². The van der Waals surface area contributed by atoms with Crippen LogP contribution in [0.2, 0.25) is 0 Å². The van der Waals surface area contributed by atoms with Crippen LogP contribution in [0.15, 0.2) is 30.3 Å². The van der Waals surface area contributed by atoms with Crippen molar-refractivity contribution in [3.63, 3.8) is 0 Å². The van der Waals surface area contributed by atoms with Gasteiger partial charge in [0, 0.05) is 0 Å². The van der Waals surface area contributed by atoms with Gasteiger partial charge in [0.15, 0.2) is 0 Å². The minimum atomic E-state index is -1.38. The Morgan fingerprint density at radius 2 is 1.88 bits per heavy atom. The molecule has 0 radical (unpaired) electrons. The SMILES string of the molecule is O=C(O)CNC(Oc1ccccc1)C(=O)O. The fourth-order valence-corrected chi connectivity index (χ4v) is 0.995. The van der Waals surface area contributed by atoms with Gasteiger partial charge in [0.25, 0.3) is 0 Å². The van der Waals surface area contributed by atoms with Crippen molar-refractivity contribution in [2.45, 2.75) is 6.23 Å². The second-order valence-electron chi connectivity index (χ2n) is 2.92. The quantitative estimate of drug-likeness (QED) is 0.596. The van der Waals surface area contributed by atoms with Crippen LogP contribution in [0.1, 0.15) is 0 Å². The largest absolute Gasteiger partial charge is 0.480 e. The minimum absolute atomic E-state index is 0.354. The first kappa shape index (κ1) is 12.0. The first-order chi connectivity index (χ1) is 7.59. The third kappa shape index (κ3) is 3.97. The maximum atomic E-state index is 10.7. The molecule has 0 heterocycles. The van der Waals surface area contributed by atoms with E-state index in [9.17, 15) is 9.59 Å². The average molecular weight is 225 g/mol. The summed E-state index contributed by atoms with van der Waals surface area (Å²) in [5.74, 6) is -2.07. The van der Waals surface area contributed by atoms with Gasteiger partial charge in [-0.2, -0.15) is 0 Å². The molecule has 3 N–H and O–H groups in total. The highest BCUT2D eigenvalue weighted by atomic mass is 16.5. The molecule has 1 aromatic carbocycles. The maximum Gasteiger partial charge on any atom is 0.360 e. The van der Waals surface area contributed by atoms with Crippen molar-refractivity contribution in [3.8, 4) is 5.75 Å². The van der Waals surface area contributed by atoms with E-state index in [1.54, 1.807) is 30.3 Å². The van der Waals surface area contributed by atoms with Crippen LogP contribution in [-0.2, 0) is 9.59 Å². The first-order valence-electron chi connectivity index (χ1n) is 4.49. The van der Waals surface area contributed by atoms with Gasteiger partial charge in [0.2, 0.25) is 6.23 Å². The van der Waals surface area contributed by atoms with Gasteiger partial charge in [-0.1, -0.05) is 18.2 Å². The Bertz CT molecular complexity index is 365. The van der Waals surface area contributed by atoms with Gasteiger partial charge in [-0.15, -0.1) is 0 Å². The Morgan fingerprint density at radius 1 is 1.25 bits per heavy atom. The summed E-state index contributed by atoms with van der Waals surface area (Å²) < 4.78 is 5.05. The zero-order chi connectivity index (χ0) is 12.0. The molecule has 0 aromatic heterocycles. The number of carbonyl (C=O) groups is 2. The molecule has 0 fully saturated rings. The summed E-state index contributed by atoms with van der Waals surface area (Å²) in [4.78, 5) is 21.0. The topological polar surface area (TPSA) is 95.9 Å². The molecule has 1 atom stereocenters. The van der Waals surface area contributed by atoms with Gasteiger partial charge in [0.05, 0.1) is 6.54 Å². The summed E-state index contributed by atoms with van der Waals surface area (Å²) in [6.45, 7) is -0.482. The molecule has 6 nitrogen and oxygen atoms in total. The van der Waals surface area contributed by atoms with Crippen LogP contribution in [0.5, 0.6) is 5.75 Å². The molecule has 0 aliphatic carbocycles. The summed E-state index contributed by atoms with van der Waals surface area (Å²) in [6.07, 6.45) is -1.38. The van der Waals surface area contributed by atoms with Crippen LogP contribution in [-0.4, -0.2) is 34.9 Å². The highest BCUT2D eigenvalue weighted by Crippen LogP contribution is 2.09. The molecular weight excluding hydrogens is 214 g/mol. The Labute approximate surface area is 91.5 Å². The van der Waals surface area contributed by atoms with E-state index in [-0.39, 0.29) is 0 Å². The second kappa shape index (κ2) is 5.72. The van der Waals surface area contributed by atoms with Crippen molar-refractivity contribution < 1.29 is 24.5 Å². The standard InChI is InChI=1S/C10H11NO5/c12-8(13)6-11-9(10(14)15)16-7-4-2-1-3-5-7/h1-5,9,11H,6H2,(H,12,13)(H,14,15). The van der Waals surface area contributed by atoms with Crippen molar-refractivity contribution >= 4 is 11.9 Å². The van der Waals surface area contributed by atoms with Crippen molar-refractivity contribution in [3.05, 3.63) is 30.3 Å². The molecule has 1 unspecified atom stereocenters. The van der Waals surface area contributed by atoms with Crippen LogP contribution in [0.3, 0.4) is 0 Å². The van der Waals surface area contributed by atoms with E-state index < -0.39 is 24.7 Å². The fourth-order valence-electron chi connectivity index (χ4n) is 0.995. The lowest BCUT2D eigenvalue weighted by Crippen LogP contribution is -2.43. The number of hydrogen-bond acceptors (Lipinski definition) is 4.